The summed E-state index contributed by atoms with van der Waals surface area (Å²) in [6.45, 7) is -1.47. The third-order valence-electron chi connectivity index (χ3n) is 4.25. The maximum atomic E-state index is 13.3. The summed E-state index contributed by atoms with van der Waals surface area (Å²) < 4.78 is 79.5. The Hall–Kier alpha value is -2.70. The molecule has 1 aliphatic heterocycles. The van der Waals surface area contributed by atoms with E-state index < -0.39 is 24.6 Å². The zero-order chi connectivity index (χ0) is 22.5. The lowest BCUT2D eigenvalue weighted by Gasteiger charge is -2.37. The Bertz CT molecular complexity index is 751. The van der Waals surface area contributed by atoms with E-state index in [1.54, 1.807) is 0 Å². The molecule has 2 aliphatic rings. The van der Waals surface area contributed by atoms with Crippen LogP contribution in [-0.4, -0.2) is 55.0 Å². The molecule has 1 saturated heterocycles. The second kappa shape index (κ2) is 9.87. The van der Waals surface area contributed by atoms with Crippen molar-refractivity contribution in [1.82, 2.24) is 10.6 Å². The number of hydrogen-bond donors (Lipinski definition) is 3. The largest absolute Gasteiger partial charge is 0.490 e. The summed E-state index contributed by atoms with van der Waals surface area (Å²) in [5.41, 5.74) is 0. The van der Waals surface area contributed by atoms with Crippen LogP contribution < -0.4 is 20.1 Å². The van der Waals surface area contributed by atoms with Crippen molar-refractivity contribution in [2.75, 3.05) is 13.1 Å². The van der Waals surface area contributed by atoms with E-state index in [4.69, 9.17) is 14.6 Å². The average Bonchev–Trinajstić information content (AvgIpc) is 2.55. The molecular weight excluding hydrogens is 426 g/mol. The van der Waals surface area contributed by atoms with E-state index in [2.05, 4.69) is 15.4 Å². The first kappa shape index (κ1) is 23.6. The highest BCUT2D eigenvalue weighted by atomic mass is 19.4. The van der Waals surface area contributed by atoms with Crippen LogP contribution in [0.1, 0.15) is 12.8 Å². The van der Waals surface area contributed by atoms with Gasteiger partial charge in [-0.05, 0) is 25.0 Å². The predicted molar refractivity (Wildman–Crippen MR) is 88.7 cm³/mol. The summed E-state index contributed by atoms with van der Waals surface area (Å²) >= 11 is 0. The maximum Gasteiger partial charge on any atom is 0.490 e. The number of alkyl halides is 5. The van der Waals surface area contributed by atoms with Crippen LogP contribution in [0.5, 0.6) is 11.5 Å². The van der Waals surface area contributed by atoms with Crippen molar-refractivity contribution in [1.29, 1.82) is 0 Å². The van der Waals surface area contributed by atoms with Crippen LogP contribution >= 0.6 is 0 Å². The molecule has 3 N–H and O–H groups in total. The second-order valence-electron chi connectivity index (χ2n) is 6.54. The highest BCUT2D eigenvalue weighted by molar-refractivity contribution is 5.80. The molecule has 1 heterocycles. The molecule has 168 valence electrons. The molecule has 0 bridgehead atoms. The smallest absolute Gasteiger partial charge is 0.486 e. The zero-order valence-corrected chi connectivity index (χ0v) is 15.2. The third kappa shape index (κ3) is 6.97. The molecule has 0 unspecified atom stereocenters. The molecule has 7 nitrogen and oxygen atoms in total. The van der Waals surface area contributed by atoms with Crippen molar-refractivity contribution in [2.45, 2.75) is 37.8 Å². The number of ether oxygens (including phenoxy) is 2. The Labute approximate surface area is 166 Å². The number of carboxylic acid groups (broad SMARTS) is 1. The van der Waals surface area contributed by atoms with E-state index in [1.165, 1.54) is 0 Å². The topological polar surface area (TPSA) is 96.9 Å². The van der Waals surface area contributed by atoms with E-state index >= 15 is 0 Å². The van der Waals surface area contributed by atoms with Gasteiger partial charge < -0.3 is 25.2 Å². The van der Waals surface area contributed by atoms with Crippen LogP contribution in [0, 0.1) is 11.7 Å². The number of hydrogen-bond acceptors (Lipinski definition) is 5. The number of nitrogens with one attached hydrogen (secondary N) is 2. The van der Waals surface area contributed by atoms with Gasteiger partial charge in [-0.25, -0.2) is 9.18 Å². The van der Waals surface area contributed by atoms with Crippen molar-refractivity contribution in [3.05, 3.63) is 24.0 Å². The quantitative estimate of drug-likeness (QED) is 0.583. The van der Waals surface area contributed by atoms with Crippen molar-refractivity contribution >= 4 is 11.9 Å². The Morgan fingerprint density at radius 3 is 2.23 bits per heavy atom. The monoisotopic (exact) mass is 444 g/mol. The van der Waals surface area contributed by atoms with E-state index in [0.717, 1.165) is 31.3 Å². The summed E-state index contributed by atoms with van der Waals surface area (Å²) in [7, 11) is 0. The highest BCUT2D eigenvalue weighted by Gasteiger charge is 2.38. The van der Waals surface area contributed by atoms with E-state index in [0.29, 0.717) is 12.8 Å². The lowest BCUT2D eigenvalue weighted by Crippen LogP contribution is -2.59. The van der Waals surface area contributed by atoms with Gasteiger partial charge >= 0.3 is 18.8 Å². The number of carbonyl (C=O) groups excluding carboxylic acids is 1. The fourth-order valence-corrected chi connectivity index (χ4v) is 2.53. The van der Waals surface area contributed by atoms with Crippen LogP contribution in [0.3, 0.4) is 0 Å². The first-order chi connectivity index (χ1) is 14.0. The van der Waals surface area contributed by atoms with Gasteiger partial charge in [-0.1, -0.05) is 0 Å². The normalized spacial score (nSPS) is 20.9. The minimum absolute atomic E-state index is 0.0281. The molecule has 0 spiro atoms. The summed E-state index contributed by atoms with van der Waals surface area (Å²) in [4.78, 5) is 20.8. The first-order valence-corrected chi connectivity index (χ1v) is 8.68. The molecule has 1 aromatic rings. The van der Waals surface area contributed by atoms with Crippen molar-refractivity contribution in [2.24, 2.45) is 5.92 Å². The van der Waals surface area contributed by atoms with Crippen molar-refractivity contribution in [3.63, 3.8) is 0 Å². The molecule has 0 radical (unpaired) electrons. The van der Waals surface area contributed by atoms with E-state index in [-0.39, 0.29) is 35.5 Å². The second-order valence-corrected chi connectivity index (χ2v) is 6.54. The standard InChI is InChI=1S/C15H17F3N2O3.C2HF3O2/c16-9-1-2-12(23-15(17)18)13(5-9)22-11-3-8(4-11)14(21)20-10-6-19-7-10;3-2(4,5)1(6)7/h1-2,5,8,10-11,15,19H,3-4,6-7H2,(H,20,21);(H,6,7). The SMILES string of the molecule is O=C(NC1CNC1)C1CC(Oc2cc(F)ccc2OC(F)F)C1.O=C(O)C(F)(F)F. The van der Waals surface area contributed by atoms with Crippen LogP contribution in [0.4, 0.5) is 26.3 Å². The molecule has 1 amide bonds. The number of amides is 1. The molecule has 30 heavy (non-hydrogen) atoms. The molecule has 0 aromatic heterocycles. The molecular formula is C17H18F6N2O5. The Morgan fingerprint density at radius 1 is 1.17 bits per heavy atom. The molecule has 3 rings (SSSR count). The van der Waals surface area contributed by atoms with Crippen molar-refractivity contribution < 1.29 is 50.5 Å². The first-order valence-electron chi connectivity index (χ1n) is 8.68. The minimum Gasteiger partial charge on any atom is -0.486 e. The van der Waals surface area contributed by atoms with Gasteiger partial charge in [0.25, 0.3) is 0 Å². The molecule has 13 heteroatoms. The fraction of sp³-hybridized carbons (Fsp3) is 0.529. The number of benzene rings is 1. The van der Waals surface area contributed by atoms with Gasteiger partial charge in [0.1, 0.15) is 11.9 Å². The lowest BCUT2D eigenvalue weighted by molar-refractivity contribution is -0.192. The molecule has 1 saturated carbocycles. The zero-order valence-electron chi connectivity index (χ0n) is 15.2. The number of carboxylic acids is 1. The van der Waals surface area contributed by atoms with E-state index in [1.807, 2.05) is 0 Å². The van der Waals surface area contributed by atoms with Crippen LogP contribution in [0.25, 0.3) is 0 Å². The summed E-state index contributed by atoms with van der Waals surface area (Å²) in [6.07, 6.45) is -4.46. The predicted octanol–water partition coefficient (Wildman–Crippen LogP) is 2.31. The summed E-state index contributed by atoms with van der Waals surface area (Å²) in [5, 5.41) is 13.1. The van der Waals surface area contributed by atoms with Crippen LogP contribution in [-0.2, 0) is 9.59 Å². The number of rotatable bonds is 6. The van der Waals surface area contributed by atoms with Crippen LogP contribution in [0.2, 0.25) is 0 Å². The Morgan fingerprint density at radius 2 is 1.77 bits per heavy atom. The van der Waals surface area contributed by atoms with Gasteiger partial charge in [-0.2, -0.15) is 22.0 Å². The summed E-state index contributed by atoms with van der Waals surface area (Å²) in [5.74, 6) is -3.83. The minimum atomic E-state index is -5.08. The number of halogens is 6. The molecule has 1 aliphatic carbocycles. The maximum absolute atomic E-state index is 13.3. The molecule has 0 atom stereocenters. The van der Waals surface area contributed by atoms with E-state index in [9.17, 15) is 31.1 Å². The lowest BCUT2D eigenvalue weighted by atomic mass is 9.81. The van der Waals surface area contributed by atoms with Crippen LogP contribution in [0.15, 0.2) is 18.2 Å². The van der Waals surface area contributed by atoms with Gasteiger partial charge in [0, 0.05) is 25.1 Å². The third-order valence-corrected chi connectivity index (χ3v) is 4.25. The molecule has 1 aromatic carbocycles. The van der Waals surface area contributed by atoms with Crippen molar-refractivity contribution in [3.8, 4) is 11.5 Å². The average molecular weight is 444 g/mol. The van der Waals surface area contributed by atoms with Gasteiger partial charge in [0.05, 0.1) is 6.04 Å². The van der Waals surface area contributed by atoms with Gasteiger partial charge in [-0.15, -0.1) is 0 Å². The molecule has 2 fully saturated rings. The van der Waals surface area contributed by atoms with Gasteiger partial charge in [0.15, 0.2) is 11.5 Å². The Kier molecular flexibility index (Phi) is 7.76. The fourth-order valence-electron chi connectivity index (χ4n) is 2.53. The number of aliphatic carboxylic acids is 1. The Balaban J connectivity index is 0.000000396. The summed E-state index contributed by atoms with van der Waals surface area (Å²) in [6, 6.07) is 3.31. The van der Waals surface area contributed by atoms with Gasteiger partial charge in [-0.3, -0.25) is 4.79 Å². The number of carbonyl (C=O) groups is 2. The van der Waals surface area contributed by atoms with Gasteiger partial charge in [0.2, 0.25) is 5.91 Å². The highest BCUT2D eigenvalue weighted by Crippen LogP contribution is 2.36.